The minimum absolute atomic E-state index is 0.0206. The second-order valence-corrected chi connectivity index (χ2v) is 2.65. The van der Waals surface area contributed by atoms with Crippen molar-refractivity contribution in [1.82, 2.24) is 0 Å². The van der Waals surface area contributed by atoms with E-state index < -0.39 is 0 Å². The van der Waals surface area contributed by atoms with E-state index >= 15 is 0 Å². The molecule has 1 aromatic rings. The molecular weight excluding hydrogens is 164 g/mol. The molecule has 1 rings (SSSR count). The molecule has 0 aliphatic rings. The Bertz CT molecular complexity index is 347. The highest BCUT2D eigenvalue weighted by atomic mass is 16.5. The number of esters is 1. The van der Waals surface area contributed by atoms with Crippen molar-refractivity contribution in [2.24, 2.45) is 0 Å². The first-order chi connectivity index (χ1) is 6.24. The number of hydrogen-bond acceptors (Lipinski definition) is 2. The van der Waals surface area contributed by atoms with Crippen LogP contribution in [0.2, 0.25) is 0 Å². The summed E-state index contributed by atoms with van der Waals surface area (Å²) in [5.41, 5.74) is 1.56. The van der Waals surface area contributed by atoms with Crippen molar-refractivity contribution < 1.29 is 9.53 Å². The average Bonchev–Trinajstić information content (AvgIpc) is 2.14. The summed E-state index contributed by atoms with van der Waals surface area (Å²) in [6.07, 6.45) is 4.96. The van der Waals surface area contributed by atoms with E-state index in [0.717, 1.165) is 5.56 Å². The highest BCUT2D eigenvalue weighted by Crippen LogP contribution is 2.05. The highest BCUT2D eigenvalue weighted by molar-refractivity contribution is 5.89. The first kappa shape index (κ1) is 9.34. The lowest BCUT2D eigenvalue weighted by Crippen LogP contribution is -2.05. The maximum Gasteiger partial charge on any atom is 0.339 e. The van der Waals surface area contributed by atoms with Gasteiger partial charge in [0.15, 0.2) is 6.61 Å². The van der Waals surface area contributed by atoms with E-state index in [1.807, 2.05) is 19.1 Å². The van der Waals surface area contributed by atoms with Crippen LogP contribution in [-0.2, 0) is 4.74 Å². The van der Waals surface area contributed by atoms with Crippen molar-refractivity contribution in [1.29, 1.82) is 0 Å². The zero-order chi connectivity index (χ0) is 9.68. The minimum atomic E-state index is -0.373. The largest absolute Gasteiger partial charge is 0.449 e. The Morgan fingerprint density at radius 1 is 1.62 bits per heavy atom. The molecule has 0 bridgehead atoms. The number of carbonyl (C=O) groups excluding carboxylic acids is 1. The number of aryl methyl sites for hydroxylation is 1. The summed E-state index contributed by atoms with van der Waals surface area (Å²) in [5.74, 6) is 1.87. The molecule has 0 saturated carbocycles. The van der Waals surface area contributed by atoms with Crippen molar-refractivity contribution in [3.8, 4) is 12.3 Å². The Balaban J connectivity index is 2.72. The van der Waals surface area contributed by atoms with Crippen molar-refractivity contribution in [3.63, 3.8) is 0 Å². The normalized spacial score (nSPS) is 8.92. The molecule has 0 aliphatic carbocycles. The van der Waals surface area contributed by atoms with Crippen LogP contribution in [0.1, 0.15) is 15.9 Å². The summed E-state index contributed by atoms with van der Waals surface area (Å²) < 4.78 is 4.76. The van der Waals surface area contributed by atoms with Gasteiger partial charge in [-0.2, -0.15) is 0 Å². The van der Waals surface area contributed by atoms with Gasteiger partial charge in [0.05, 0.1) is 5.56 Å². The molecule has 0 unspecified atom stereocenters. The van der Waals surface area contributed by atoms with Crippen LogP contribution in [0.5, 0.6) is 0 Å². The van der Waals surface area contributed by atoms with Crippen LogP contribution in [-0.4, -0.2) is 12.6 Å². The maximum absolute atomic E-state index is 11.2. The van der Waals surface area contributed by atoms with Crippen LogP contribution in [0, 0.1) is 19.3 Å². The minimum Gasteiger partial charge on any atom is -0.449 e. The van der Waals surface area contributed by atoms with Gasteiger partial charge in [0.25, 0.3) is 0 Å². The molecule has 0 aromatic heterocycles. The van der Waals surface area contributed by atoms with Gasteiger partial charge in [-0.25, -0.2) is 4.79 Å². The Labute approximate surface area is 77.5 Å². The van der Waals surface area contributed by atoms with E-state index in [0.29, 0.717) is 5.56 Å². The fourth-order valence-corrected chi connectivity index (χ4v) is 0.963. The molecule has 0 atom stereocenters. The van der Waals surface area contributed by atoms with Gasteiger partial charge in [-0.1, -0.05) is 23.6 Å². The van der Waals surface area contributed by atoms with E-state index in [4.69, 9.17) is 11.2 Å². The van der Waals surface area contributed by atoms with Gasteiger partial charge in [-0.3, -0.25) is 0 Å². The van der Waals surface area contributed by atoms with Gasteiger partial charge < -0.3 is 4.74 Å². The standard InChI is InChI=1S/C11H10O2/c1-3-7-13-11(12)10-6-4-5-9(2)8-10/h1,4-6,8H,7H2,2H3. The smallest absolute Gasteiger partial charge is 0.339 e. The fraction of sp³-hybridized carbons (Fsp3) is 0.182. The summed E-state index contributed by atoms with van der Waals surface area (Å²) in [6, 6.07) is 7.18. The van der Waals surface area contributed by atoms with Crippen molar-refractivity contribution in [2.75, 3.05) is 6.61 Å². The van der Waals surface area contributed by atoms with Crippen LogP contribution in [0.15, 0.2) is 24.3 Å². The van der Waals surface area contributed by atoms with Gasteiger partial charge in [0.2, 0.25) is 0 Å². The number of hydrogen-bond donors (Lipinski definition) is 0. The molecule has 1 aromatic carbocycles. The lowest BCUT2D eigenvalue weighted by atomic mass is 10.1. The molecule has 0 saturated heterocycles. The number of ether oxygens (including phenoxy) is 1. The average molecular weight is 174 g/mol. The predicted molar refractivity (Wildman–Crippen MR) is 50.3 cm³/mol. The molecule has 2 nitrogen and oxygen atoms in total. The first-order valence-corrected chi connectivity index (χ1v) is 3.91. The highest BCUT2D eigenvalue weighted by Gasteiger charge is 2.04. The van der Waals surface area contributed by atoms with E-state index in [-0.39, 0.29) is 12.6 Å². The third-order valence-corrected chi connectivity index (χ3v) is 1.54. The van der Waals surface area contributed by atoms with Gasteiger partial charge in [0, 0.05) is 0 Å². The van der Waals surface area contributed by atoms with Gasteiger partial charge in [-0.05, 0) is 19.1 Å². The molecule has 0 amide bonds. The van der Waals surface area contributed by atoms with Gasteiger partial charge >= 0.3 is 5.97 Å². The monoisotopic (exact) mass is 174 g/mol. The van der Waals surface area contributed by atoms with E-state index in [1.165, 1.54) is 0 Å². The number of rotatable bonds is 2. The van der Waals surface area contributed by atoms with Gasteiger partial charge in [-0.15, -0.1) is 6.42 Å². The molecule has 0 N–H and O–H groups in total. The second kappa shape index (κ2) is 4.32. The van der Waals surface area contributed by atoms with Crippen molar-refractivity contribution >= 4 is 5.97 Å². The predicted octanol–water partition coefficient (Wildman–Crippen LogP) is 1.79. The van der Waals surface area contributed by atoms with Crippen molar-refractivity contribution in [2.45, 2.75) is 6.92 Å². The summed E-state index contributed by atoms with van der Waals surface area (Å²) in [5, 5.41) is 0. The van der Waals surface area contributed by atoms with Crippen LogP contribution in [0.25, 0.3) is 0 Å². The zero-order valence-electron chi connectivity index (χ0n) is 7.41. The van der Waals surface area contributed by atoms with Crippen LogP contribution < -0.4 is 0 Å². The topological polar surface area (TPSA) is 26.3 Å². The Kier molecular flexibility index (Phi) is 3.10. The number of carbonyl (C=O) groups is 1. The van der Waals surface area contributed by atoms with E-state index in [9.17, 15) is 4.79 Å². The Hall–Kier alpha value is -1.75. The molecule has 66 valence electrons. The SMILES string of the molecule is C#CCOC(=O)c1cccc(C)c1. The molecule has 0 aliphatic heterocycles. The molecule has 0 fully saturated rings. The molecule has 13 heavy (non-hydrogen) atoms. The zero-order valence-corrected chi connectivity index (χ0v) is 7.41. The molecule has 2 heteroatoms. The lowest BCUT2D eigenvalue weighted by molar-refractivity contribution is 0.0556. The van der Waals surface area contributed by atoms with Crippen LogP contribution in [0.4, 0.5) is 0 Å². The third kappa shape index (κ3) is 2.64. The summed E-state index contributed by atoms with van der Waals surface area (Å²) in [4.78, 5) is 11.2. The quantitative estimate of drug-likeness (QED) is 0.504. The molecule has 0 radical (unpaired) electrons. The molecule has 0 heterocycles. The first-order valence-electron chi connectivity index (χ1n) is 3.91. The van der Waals surface area contributed by atoms with E-state index in [1.54, 1.807) is 12.1 Å². The molecular formula is C11H10O2. The summed E-state index contributed by atoms with van der Waals surface area (Å²) in [6.45, 7) is 1.94. The Morgan fingerprint density at radius 2 is 2.38 bits per heavy atom. The van der Waals surface area contributed by atoms with Crippen LogP contribution in [0.3, 0.4) is 0 Å². The number of terminal acetylenes is 1. The molecule has 0 spiro atoms. The fourth-order valence-electron chi connectivity index (χ4n) is 0.963. The number of benzene rings is 1. The van der Waals surface area contributed by atoms with Gasteiger partial charge in [0.1, 0.15) is 0 Å². The van der Waals surface area contributed by atoms with E-state index in [2.05, 4.69) is 5.92 Å². The lowest BCUT2D eigenvalue weighted by Gasteiger charge is -2.01. The summed E-state index contributed by atoms with van der Waals surface area (Å²) in [7, 11) is 0. The summed E-state index contributed by atoms with van der Waals surface area (Å²) >= 11 is 0. The van der Waals surface area contributed by atoms with Crippen molar-refractivity contribution in [3.05, 3.63) is 35.4 Å². The maximum atomic E-state index is 11.2. The van der Waals surface area contributed by atoms with Crippen LogP contribution >= 0.6 is 0 Å². The third-order valence-electron chi connectivity index (χ3n) is 1.54. The Morgan fingerprint density at radius 3 is 3.00 bits per heavy atom. The second-order valence-electron chi connectivity index (χ2n) is 2.65.